The maximum absolute atomic E-state index is 12.9. The molecule has 0 bridgehead atoms. The van der Waals surface area contributed by atoms with Gasteiger partial charge < -0.3 is 14.8 Å². The molecule has 1 atom stereocenters. The number of rotatable bonds is 6. The van der Waals surface area contributed by atoms with E-state index in [2.05, 4.69) is 15.0 Å². The molecule has 3 rings (SSSR count). The van der Waals surface area contributed by atoms with Crippen molar-refractivity contribution < 1.29 is 22.7 Å². The Bertz CT molecular complexity index is 723. The summed E-state index contributed by atoms with van der Waals surface area (Å²) in [5, 5.41) is 3.32. The van der Waals surface area contributed by atoms with Crippen molar-refractivity contribution in [1.82, 2.24) is 14.5 Å². The van der Waals surface area contributed by atoms with E-state index >= 15 is 0 Å². The molecule has 1 N–H and O–H groups in total. The number of esters is 1. The minimum atomic E-state index is -3.52. The molecule has 0 radical (unpaired) electrons. The van der Waals surface area contributed by atoms with Gasteiger partial charge in [-0.1, -0.05) is 0 Å². The van der Waals surface area contributed by atoms with E-state index in [4.69, 9.17) is 4.74 Å². The summed E-state index contributed by atoms with van der Waals surface area (Å²) in [6, 6.07) is 6.43. The van der Waals surface area contributed by atoms with Crippen LogP contribution in [0.25, 0.3) is 0 Å². The maximum atomic E-state index is 12.9. The number of hydrogen-bond donors (Lipinski definition) is 1. The van der Waals surface area contributed by atoms with E-state index in [1.165, 1.54) is 19.2 Å². The fourth-order valence-corrected chi connectivity index (χ4v) is 4.82. The lowest BCUT2D eigenvalue weighted by molar-refractivity contribution is -0.142. The van der Waals surface area contributed by atoms with E-state index in [1.54, 1.807) is 16.4 Å². The fourth-order valence-electron chi connectivity index (χ4n) is 3.33. The predicted octanol–water partition coefficient (Wildman–Crippen LogP) is 0.328. The maximum Gasteiger partial charge on any atom is 0.343 e. The van der Waals surface area contributed by atoms with Crippen LogP contribution in [0.5, 0.6) is 5.75 Å². The molecule has 1 unspecified atom stereocenters. The Hall–Kier alpha value is -1.39. The SMILES string of the molecule is COC(=O)COc1ccc(S(=O)(=O)N2CCC(N3CCNCC3)C2)cc1.Cl. The Balaban J connectivity index is 0.00000261. The van der Waals surface area contributed by atoms with Gasteiger partial charge in [0.05, 0.1) is 12.0 Å². The first-order chi connectivity index (χ1) is 12.5. The number of sulfonamides is 1. The van der Waals surface area contributed by atoms with Gasteiger partial charge in [0.2, 0.25) is 10.0 Å². The smallest absolute Gasteiger partial charge is 0.343 e. The van der Waals surface area contributed by atoms with Crippen LogP contribution in [0.15, 0.2) is 29.2 Å². The minimum Gasteiger partial charge on any atom is -0.482 e. The van der Waals surface area contributed by atoms with E-state index in [9.17, 15) is 13.2 Å². The second-order valence-corrected chi connectivity index (χ2v) is 8.37. The third-order valence-corrected chi connectivity index (χ3v) is 6.72. The first-order valence-corrected chi connectivity index (χ1v) is 10.2. The van der Waals surface area contributed by atoms with Gasteiger partial charge in [0.1, 0.15) is 5.75 Å². The van der Waals surface area contributed by atoms with Crippen LogP contribution in [0, 0.1) is 0 Å². The number of methoxy groups -OCH3 is 1. The number of nitrogens with one attached hydrogen (secondary N) is 1. The Morgan fingerprint density at radius 1 is 1.19 bits per heavy atom. The molecule has 10 heteroatoms. The second kappa shape index (κ2) is 9.70. The molecule has 0 aromatic heterocycles. The molecule has 0 amide bonds. The molecular formula is C17H26ClN3O5S. The van der Waals surface area contributed by atoms with E-state index in [-0.39, 0.29) is 30.0 Å². The van der Waals surface area contributed by atoms with Gasteiger partial charge in [-0.25, -0.2) is 13.2 Å². The average Bonchev–Trinajstić information content (AvgIpc) is 3.18. The zero-order valence-corrected chi connectivity index (χ0v) is 16.9. The summed E-state index contributed by atoms with van der Waals surface area (Å²) in [7, 11) is -2.24. The molecule has 1 aromatic carbocycles. The largest absolute Gasteiger partial charge is 0.482 e. The number of ether oxygens (including phenoxy) is 2. The van der Waals surface area contributed by atoms with Crippen LogP contribution < -0.4 is 10.1 Å². The van der Waals surface area contributed by atoms with Crippen molar-refractivity contribution in [1.29, 1.82) is 0 Å². The van der Waals surface area contributed by atoms with Crippen molar-refractivity contribution in [3.8, 4) is 5.75 Å². The number of carbonyl (C=O) groups excluding carboxylic acids is 1. The van der Waals surface area contributed by atoms with Crippen molar-refractivity contribution in [3.05, 3.63) is 24.3 Å². The van der Waals surface area contributed by atoms with Gasteiger partial charge in [-0.3, -0.25) is 4.90 Å². The van der Waals surface area contributed by atoms with Crippen LogP contribution in [0.4, 0.5) is 0 Å². The zero-order chi connectivity index (χ0) is 18.6. The molecule has 0 aliphatic carbocycles. The molecule has 152 valence electrons. The summed E-state index contributed by atoms with van der Waals surface area (Å²) in [6.45, 7) is 4.70. The van der Waals surface area contributed by atoms with Crippen LogP contribution in [-0.2, 0) is 19.6 Å². The summed E-state index contributed by atoms with van der Waals surface area (Å²) in [5.74, 6) is -0.0628. The van der Waals surface area contributed by atoms with E-state index in [0.717, 1.165) is 32.6 Å². The fraction of sp³-hybridized carbons (Fsp3) is 0.588. The number of nitrogens with zero attached hydrogens (tertiary/aromatic N) is 2. The number of benzene rings is 1. The van der Waals surface area contributed by atoms with E-state index in [1.807, 2.05) is 0 Å². The molecule has 2 fully saturated rings. The van der Waals surface area contributed by atoms with E-state index < -0.39 is 16.0 Å². The molecule has 8 nitrogen and oxygen atoms in total. The normalized spacial score (nSPS) is 21.4. The highest BCUT2D eigenvalue weighted by Crippen LogP contribution is 2.25. The molecule has 1 aromatic rings. The standard InChI is InChI=1S/C17H25N3O5S.ClH/c1-24-17(21)13-25-15-2-4-16(5-3-15)26(22,23)20-9-6-14(12-20)19-10-7-18-8-11-19;/h2-5,14,18H,6-13H2,1H3;1H. The Labute approximate surface area is 166 Å². The Morgan fingerprint density at radius 3 is 2.48 bits per heavy atom. The minimum absolute atomic E-state index is 0. The van der Waals surface area contributed by atoms with E-state index in [0.29, 0.717) is 18.8 Å². The summed E-state index contributed by atoms with van der Waals surface area (Å²) in [4.78, 5) is 13.7. The number of hydrogen-bond acceptors (Lipinski definition) is 7. The van der Waals surface area contributed by atoms with Crippen molar-refractivity contribution in [3.63, 3.8) is 0 Å². The second-order valence-electron chi connectivity index (χ2n) is 6.43. The molecule has 0 saturated carbocycles. The molecular weight excluding hydrogens is 394 g/mol. The molecule has 2 aliphatic heterocycles. The van der Waals surface area contributed by atoms with Gasteiger partial charge in [-0.15, -0.1) is 12.4 Å². The Kier molecular flexibility index (Phi) is 7.87. The number of carbonyl (C=O) groups is 1. The monoisotopic (exact) mass is 419 g/mol. The average molecular weight is 420 g/mol. The molecule has 27 heavy (non-hydrogen) atoms. The molecule has 2 aliphatic rings. The van der Waals surface area contributed by atoms with Crippen LogP contribution in [0.2, 0.25) is 0 Å². The number of halogens is 1. The van der Waals surface area contributed by atoms with Crippen LogP contribution in [0.1, 0.15) is 6.42 Å². The summed E-state index contributed by atoms with van der Waals surface area (Å²) in [6.07, 6.45) is 0.861. The lowest BCUT2D eigenvalue weighted by Gasteiger charge is -2.32. The number of piperazine rings is 1. The van der Waals surface area contributed by atoms with Gasteiger partial charge in [0, 0.05) is 45.3 Å². The predicted molar refractivity (Wildman–Crippen MR) is 103 cm³/mol. The highest BCUT2D eigenvalue weighted by Gasteiger charge is 2.35. The lowest BCUT2D eigenvalue weighted by atomic mass is 10.2. The first-order valence-electron chi connectivity index (χ1n) is 8.75. The molecule has 2 heterocycles. The highest BCUT2D eigenvalue weighted by molar-refractivity contribution is 7.89. The first kappa shape index (κ1) is 21.9. The third kappa shape index (κ3) is 5.32. The van der Waals surface area contributed by atoms with Gasteiger partial charge in [0.25, 0.3) is 0 Å². The topological polar surface area (TPSA) is 88.2 Å². The third-order valence-electron chi connectivity index (χ3n) is 4.84. The molecule has 0 spiro atoms. The lowest BCUT2D eigenvalue weighted by Crippen LogP contribution is -2.49. The summed E-state index contributed by atoms with van der Waals surface area (Å²) >= 11 is 0. The van der Waals surface area contributed by atoms with Crippen LogP contribution in [0.3, 0.4) is 0 Å². The van der Waals surface area contributed by atoms with Crippen molar-refractivity contribution >= 4 is 28.4 Å². The van der Waals surface area contributed by atoms with Crippen LogP contribution in [-0.4, -0.2) is 82.6 Å². The van der Waals surface area contributed by atoms with Gasteiger partial charge in [-0.2, -0.15) is 4.31 Å². The van der Waals surface area contributed by atoms with Gasteiger partial charge in [0.15, 0.2) is 6.61 Å². The van der Waals surface area contributed by atoms with Crippen molar-refractivity contribution in [2.75, 3.05) is 53.0 Å². The Morgan fingerprint density at radius 2 is 1.85 bits per heavy atom. The van der Waals surface area contributed by atoms with Gasteiger partial charge >= 0.3 is 5.97 Å². The van der Waals surface area contributed by atoms with Crippen molar-refractivity contribution in [2.24, 2.45) is 0 Å². The summed E-state index contributed by atoms with van der Waals surface area (Å²) in [5.41, 5.74) is 0. The molecule has 2 saturated heterocycles. The zero-order valence-electron chi connectivity index (χ0n) is 15.3. The highest BCUT2D eigenvalue weighted by atomic mass is 35.5. The summed E-state index contributed by atoms with van der Waals surface area (Å²) < 4.78 is 37.0. The van der Waals surface area contributed by atoms with Crippen molar-refractivity contribution in [2.45, 2.75) is 17.4 Å². The van der Waals surface area contributed by atoms with Gasteiger partial charge in [-0.05, 0) is 30.7 Å². The quantitative estimate of drug-likeness (QED) is 0.664. The van der Waals surface area contributed by atoms with Crippen LogP contribution >= 0.6 is 12.4 Å².